The number of benzene rings is 1. The van der Waals surface area contributed by atoms with Gasteiger partial charge in [0, 0.05) is 5.56 Å². The lowest BCUT2D eigenvalue weighted by Gasteiger charge is -2.19. The third kappa shape index (κ3) is 1.96. The molecule has 1 aromatic heterocycles. The topological polar surface area (TPSA) is 76.4 Å². The number of nitrogens with zero attached hydrogens (tertiary/aromatic N) is 2. The zero-order valence-corrected chi connectivity index (χ0v) is 10.3. The van der Waals surface area contributed by atoms with E-state index in [4.69, 9.17) is 4.74 Å². The Kier molecular flexibility index (Phi) is 2.72. The molecule has 19 heavy (non-hydrogen) atoms. The van der Waals surface area contributed by atoms with E-state index in [2.05, 4.69) is 10.4 Å². The van der Waals surface area contributed by atoms with Crippen LogP contribution < -0.4 is 10.1 Å². The molecule has 98 valence electrons. The summed E-state index contributed by atoms with van der Waals surface area (Å²) in [7, 11) is 1.60. The van der Waals surface area contributed by atoms with E-state index in [0.717, 1.165) is 11.3 Å². The second kappa shape index (κ2) is 4.40. The van der Waals surface area contributed by atoms with Crippen LogP contribution in [0.15, 0.2) is 30.3 Å². The van der Waals surface area contributed by atoms with Crippen LogP contribution >= 0.6 is 0 Å². The number of hydrogen-bond acceptors (Lipinski definition) is 4. The molecule has 2 N–H and O–H groups in total. The number of nitrogens with one attached hydrogen (secondary N) is 1. The summed E-state index contributed by atoms with van der Waals surface area (Å²) in [6, 6.07) is 9.03. The maximum Gasteiger partial charge on any atom is 0.269 e. The molecule has 0 radical (unpaired) electrons. The average molecular weight is 259 g/mol. The molecule has 1 aromatic carbocycles. The minimum Gasteiger partial charge on any atom is -0.497 e. The van der Waals surface area contributed by atoms with Gasteiger partial charge < -0.3 is 15.2 Å². The predicted octanol–water partition coefficient (Wildman–Crippen LogP) is 0.793. The van der Waals surface area contributed by atoms with Gasteiger partial charge in [-0.25, -0.2) is 4.68 Å². The monoisotopic (exact) mass is 259 g/mol. The van der Waals surface area contributed by atoms with Gasteiger partial charge >= 0.3 is 0 Å². The Labute approximate surface area is 109 Å². The molecule has 2 aromatic rings. The summed E-state index contributed by atoms with van der Waals surface area (Å²) in [5.74, 6) is 0.531. The van der Waals surface area contributed by atoms with Crippen molar-refractivity contribution in [3.05, 3.63) is 36.0 Å². The van der Waals surface area contributed by atoms with Crippen LogP contribution in [0.4, 0.5) is 0 Å². The van der Waals surface area contributed by atoms with Crippen molar-refractivity contribution in [3.63, 3.8) is 0 Å². The fraction of sp³-hybridized carbons (Fsp3) is 0.231. The standard InChI is InChI=1S/C13H13N3O3/c1-19-9-4-2-8(3-5-9)10-6-11-13(18)14-7-12(17)16(11)15-10/h2-6,12,17H,7H2,1H3,(H,14,18)/t12-/m0/s1. The SMILES string of the molecule is COc1ccc(-c2cc3n(n2)[C@@H](O)CNC3=O)cc1. The van der Waals surface area contributed by atoms with Gasteiger partial charge in [-0.05, 0) is 30.3 Å². The third-order valence-corrected chi connectivity index (χ3v) is 3.08. The number of aromatic nitrogens is 2. The van der Waals surface area contributed by atoms with Crippen molar-refractivity contribution in [2.75, 3.05) is 13.7 Å². The van der Waals surface area contributed by atoms with Crippen LogP contribution in [0.3, 0.4) is 0 Å². The number of aliphatic hydroxyl groups excluding tert-OH is 1. The van der Waals surface area contributed by atoms with Crippen molar-refractivity contribution >= 4 is 5.91 Å². The normalized spacial score (nSPS) is 17.8. The first-order chi connectivity index (χ1) is 9.19. The highest BCUT2D eigenvalue weighted by Gasteiger charge is 2.25. The minimum absolute atomic E-state index is 0.176. The Bertz CT molecular complexity index is 619. The van der Waals surface area contributed by atoms with Gasteiger partial charge in [-0.2, -0.15) is 5.10 Å². The molecule has 0 unspecified atom stereocenters. The van der Waals surface area contributed by atoms with E-state index < -0.39 is 6.23 Å². The number of ether oxygens (including phenoxy) is 1. The van der Waals surface area contributed by atoms with Gasteiger partial charge in [0.1, 0.15) is 11.4 Å². The zero-order valence-electron chi connectivity index (χ0n) is 10.3. The first kappa shape index (κ1) is 11.7. The summed E-state index contributed by atoms with van der Waals surface area (Å²) in [6.07, 6.45) is -0.820. The van der Waals surface area contributed by atoms with Crippen LogP contribution in [0.5, 0.6) is 5.75 Å². The number of carbonyl (C=O) groups excluding carboxylic acids is 1. The van der Waals surface area contributed by atoms with Crippen molar-refractivity contribution in [2.45, 2.75) is 6.23 Å². The summed E-state index contributed by atoms with van der Waals surface area (Å²) in [5, 5.41) is 16.7. The highest BCUT2D eigenvalue weighted by atomic mass is 16.5. The molecule has 0 aliphatic carbocycles. The molecule has 0 spiro atoms. The third-order valence-electron chi connectivity index (χ3n) is 3.08. The highest BCUT2D eigenvalue weighted by Crippen LogP contribution is 2.24. The van der Waals surface area contributed by atoms with Crippen LogP contribution in [-0.2, 0) is 0 Å². The lowest BCUT2D eigenvalue weighted by Crippen LogP contribution is -2.39. The van der Waals surface area contributed by atoms with E-state index >= 15 is 0 Å². The Morgan fingerprint density at radius 2 is 2.16 bits per heavy atom. The molecule has 1 aliphatic rings. The van der Waals surface area contributed by atoms with Crippen molar-refractivity contribution in [2.24, 2.45) is 0 Å². The van der Waals surface area contributed by atoms with E-state index in [1.165, 1.54) is 4.68 Å². The minimum atomic E-state index is -0.820. The maximum atomic E-state index is 11.7. The van der Waals surface area contributed by atoms with E-state index in [0.29, 0.717) is 11.4 Å². The summed E-state index contributed by atoms with van der Waals surface area (Å²) < 4.78 is 6.44. The average Bonchev–Trinajstić information content (AvgIpc) is 2.89. The predicted molar refractivity (Wildman–Crippen MR) is 67.8 cm³/mol. The highest BCUT2D eigenvalue weighted by molar-refractivity contribution is 5.94. The Hall–Kier alpha value is -2.34. The summed E-state index contributed by atoms with van der Waals surface area (Å²) in [5.41, 5.74) is 1.88. The van der Waals surface area contributed by atoms with Gasteiger partial charge in [-0.1, -0.05) is 0 Å². The number of hydrogen-bond donors (Lipinski definition) is 2. The van der Waals surface area contributed by atoms with Crippen molar-refractivity contribution in [3.8, 4) is 17.0 Å². The van der Waals surface area contributed by atoms with Crippen molar-refractivity contribution in [1.29, 1.82) is 0 Å². The summed E-state index contributed by atoms with van der Waals surface area (Å²) >= 11 is 0. The van der Waals surface area contributed by atoms with Gasteiger partial charge in [0.25, 0.3) is 5.91 Å². The number of β-amino-alcohol motifs (C(OH)–C–C–N with tert-alkyl or cyclic N) is 1. The number of aliphatic hydroxyl groups is 1. The Morgan fingerprint density at radius 1 is 1.42 bits per heavy atom. The Balaban J connectivity index is 2.01. The van der Waals surface area contributed by atoms with E-state index in [-0.39, 0.29) is 12.5 Å². The summed E-state index contributed by atoms with van der Waals surface area (Å²) in [6.45, 7) is 0.176. The van der Waals surface area contributed by atoms with Crippen LogP contribution in [0.2, 0.25) is 0 Å². The number of methoxy groups -OCH3 is 1. The molecule has 1 atom stereocenters. The smallest absolute Gasteiger partial charge is 0.269 e. The van der Waals surface area contributed by atoms with E-state index in [1.54, 1.807) is 13.2 Å². The quantitative estimate of drug-likeness (QED) is 0.836. The molecule has 0 saturated carbocycles. The molecule has 0 fully saturated rings. The Morgan fingerprint density at radius 3 is 2.79 bits per heavy atom. The molecule has 6 heteroatoms. The van der Waals surface area contributed by atoms with Gasteiger partial charge in [-0.15, -0.1) is 0 Å². The van der Waals surface area contributed by atoms with E-state index in [1.807, 2.05) is 24.3 Å². The first-order valence-electron chi connectivity index (χ1n) is 5.89. The zero-order chi connectivity index (χ0) is 13.4. The molecular weight excluding hydrogens is 246 g/mol. The second-order valence-corrected chi connectivity index (χ2v) is 4.28. The number of fused-ring (bicyclic) bond motifs is 1. The van der Waals surface area contributed by atoms with Gasteiger partial charge in [-0.3, -0.25) is 4.79 Å². The largest absolute Gasteiger partial charge is 0.497 e. The number of amides is 1. The molecule has 3 rings (SSSR count). The van der Waals surface area contributed by atoms with Crippen LogP contribution in [0, 0.1) is 0 Å². The number of carbonyl (C=O) groups is 1. The van der Waals surface area contributed by atoms with Gasteiger partial charge in [0.05, 0.1) is 19.3 Å². The fourth-order valence-corrected chi connectivity index (χ4v) is 2.06. The molecule has 1 amide bonds. The molecule has 0 bridgehead atoms. The lowest BCUT2D eigenvalue weighted by molar-refractivity contribution is 0.0594. The van der Waals surface area contributed by atoms with Crippen LogP contribution in [0.25, 0.3) is 11.3 Å². The van der Waals surface area contributed by atoms with E-state index in [9.17, 15) is 9.90 Å². The fourth-order valence-electron chi connectivity index (χ4n) is 2.06. The lowest BCUT2D eigenvalue weighted by atomic mass is 10.1. The first-order valence-corrected chi connectivity index (χ1v) is 5.89. The van der Waals surface area contributed by atoms with Crippen LogP contribution in [-0.4, -0.2) is 34.4 Å². The van der Waals surface area contributed by atoms with Gasteiger partial charge in [0.2, 0.25) is 0 Å². The molecule has 1 aliphatic heterocycles. The molecule has 2 heterocycles. The maximum absolute atomic E-state index is 11.7. The molecule has 6 nitrogen and oxygen atoms in total. The van der Waals surface area contributed by atoms with Gasteiger partial charge in [0.15, 0.2) is 6.23 Å². The van der Waals surface area contributed by atoms with Crippen LogP contribution in [0.1, 0.15) is 16.7 Å². The molecular formula is C13H13N3O3. The van der Waals surface area contributed by atoms with Crippen molar-refractivity contribution < 1.29 is 14.6 Å². The second-order valence-electron chi connectivity index (χ2n) is 4.28. The summed E-state index contributed by atoms with van der Waals surface area (Å²) in [4.78, 5) is 11.7. The van der Waals surface area contributed by atoms with Crippen molar-refractivity contribution in [1.82, 2.24) is 15.1 Å². The number of rotatable bonds is 2. The molecule has 0 saturated heterocycles.